The highest BCUT2D eigenvalue weighted by molar-refractivity contribution is 6.77. The molecular formula is C15H29Si. The maximum Gasteiger partial charge on any atom is 0.0474 e. The van der Waals surface area contributed by atoms with E-state index in [-0.39, 0.29) is 0 Å². The van der Waals surface area contributed by atoms with Gasteiger partial charge in [0.05, 0.1) is 0 Å². The van der Waals surface area contributed by atoms with Gasteiger partial charge >= 0.3 is 0 Å². The highest BCUT2D eigenvalue weighted by atomic mass is 28.3. The van der Waals surface area contributed by atoms with E-state index < -0.39 is 8.07 Å². The van der Waals surface area contributed by atoms with Crippen LogP contribution in [0.4, 0.5) is 0 Å². The van der Waals surface area contributed by atoms with Gasteiger partial charge in [0.1, 0.15) is 0 Å². The standard InChI is InChI=1S/C15H29Si/c1-5-6-10-14-11-8-7-9-12-15(13-14)16(2,3)4/h6,10-11,14-15H,5,7-9,12-13H2,1-4H3/b10-6+. The van der Waals surface area contributed by atoms with Crippen molar-refractivity contribution in [3.05, 3.63) is 18.6 Å². The van der Waals surface area contributed by atoms with Gasteiger partial charge in [-0.1, -0.05) is 58.0 Å². The molecule has 1 aliphatic rings. The fraction of sp³-hybridized carbons (Fsp3) is 0.800. The highest BCUT2D eigenvalue weighted by Crippen LogP contribution is 2.37. The molecule has 1 aliphatic carbocycles. The molecule has 0 amide bonds. The van der Waals surface area contributed by atoms with Gasteiger partial charge in [0, 0.05) is 8.07 Å². The molecule has 16 heavy (non-hydrogen) atoms. The smallest absolute Gasteiger partial charge is 0.0474 e. The van der Waals surface area contributed by atoms with Crippen molar-refractivity contribution in [2.75, 3.05) is 0 Å². The first-order valence-electron chi connectivity index (χ1n) is 7.04. The van der Waals surface area contributed by atoms with Crippen molar-refractivity contribution in [1.82, 2.24) is 0 Å². The van der Waals surface area contributed by atoms with Crippen LogP contribution in [0.5, 0.6) is 0 Å². The van der Waals surface area contributed by atoms with Crippen LogP contribution in [0.3, 0.4) is 0 Å². The molecule has 0 heterocycles. The van der Waals surface area contributed by atoms with Crippen molar-refractivity contribution in [2.24, 2.45) is 5.92 Å². The minimum atomic E-state index is -0.946. The van der Waals surface area contributed by atoms with E-state index in [4.69, 9.17) is 0 Å². The van der Waals surface area contributed by atoms with Crippen LogP contribution in [0.1, 0.15) is 45.4 Å². The van der Waals surface area contributed by atoms with Crippen LogP contribution in [-0.2, 0) is 0 Å². The largest absolute Gasteiger partial charge is 0.0885 e. The third-order valence-electron chi connectivity index (χ3n) is 3.88. The summed E-state index contributed by atoms with van der Waals surface area (Å²) in [7, 11) is -0.946. The molecule has 0 N–H and O–H groups in total. The maximum absolute atomic E-state index is 2.57. The molecule has 0 aliphatic heterocycles. The van der Waals surface area contributed by atoms with Crippen LogP contribution in [0.15, 0.2) is 12.2 Å². The molecule has 1 saturated carbocycles. The molecular weight excluding hydrogens is 208 g/mol. The van der Waals surface area contributed by atoms with Crippen LogP contribution in [-0.4, -0.2) is 8.07 Å². The number of hydrogen-bond acceptors (Lipinski definition) is 0. The van der Waals surface area contributed by atoms with Gasteiger partial charge in [0.15, 0.2) is 0 Å². The van der Waals surface area contributed by atoms with Crippen LogP contribution in [0, 0.1) is 12.3 Å². The summed E-state index contributed by atoms with van der Waals surface area (Å²) in [4.78, 5) is 0. The van der Waals surface area contributed by atoms with Gasteiger partial charge in [-0.05, 0) is 37.1 Å². The van der Waals surface area contributed by atoms with Crippen LogP contribution in [0.25, 0.3) is 0 Å². The van der Waals surface area contributed by atoms with Crippen molar-refractivity contribution in [1.29, 1.82) is 0 Å². The molecule has 0 saturated heterocycles. The average molecular weight is 237 g/mol. The number of hydrogen-bond donors (Lipinski definition) is 0. The molecule has 0 aromatic rings. The Balaban J connectivity index is 2.60. The highest BCUT2D eigenvalue weighted by Gasteiger charge is 2.28. The van der Waals surface area contributed by atoms with Gasteiger partial charge in [-0.15, -0.1) is 0 Å². The summed E-state index contributed by atoms with van der Waals surface area (Å²) in [6, 6.07) is 0. The van der Waals surface area contributed by atoms with Crippen molar-refractivity contribution in [2.45, 2.75) is 70.6 Å². The lowest BCUT2D eigenvalue weighted by atomic mass is 9.90. The summed E-state index contributed by atoms with van der Waals surface area (Å²) in [5, 5.41) is 0. The molecule has 1 radical (unpaired) electrons. The summed E-state index contributed by atoms with van der Waals surface area (Å²) in [5.74, 6) is 0.761. The first-order valence-corrected chi connectivity index (χ1v) is 10.6. The van der Waals surface area contributed by atoms with Gasteiger partial charge in [-0.3, -0.25) is 0 Å². The van der Waals surface area contributed by atoms with E-state index in [0.717, 1.165) is 11.5 Å². The topological polar surface area (TPSA) is 0 Å². The first-order chi connectivity index (χ1) is 7.54. The van der Waals surface area contributed by atoms with Gasteiger partial charge in [-0.25, -0.2) is 0 Å². The molecule has 1 rings (SSSR count). The van der Waals surface area contributed by atoms with E-state index in [2.05, 4.69) is 45.1 Å². The Morgan fingerprint density at radius 3 is 2.62 bits per heavy atom. The molecule has 0 spiro atoms. The van der Waals surface area contributed by atoms with Crippen LogP contribution >= 0.6 is 0 Å². The van der Waals surface area contributed by atoms with Crippen molar-refractivity contribution < 1.29 is 0 Å². The van der Waals surface area contributed by atoms with Crippen molar-refractivity contribution in [3.63, 3.8) is 0 Å². The van der Waals surface area contributed by atoms with E-state index in [1.807, 2.05) is 0 Å². The molecule has 0 nitrogen and oxygen atoms in total. The van der Waals surface area contributed by atoms with E-state index in [1.165, 1.54) is 38.5 Å². The predicted molar refractivity (Wildman–Crippen MR) is 77.4 cm³/mol. The number of allylic oxidation sites excluding steroid dienone is 2. The monoisotopic (exact) mass is 237 g/mol. The summed E-state index contributed by atoms with van der Waals surface area (Å²) in [6.07, 6.45) is 15.7. The predicted octanol–water partition coefficient (Wildman–Crippen LogP) is 5.45. The first kappa shape index (κ1) is 14.0. The van der Waals surface area contributed by atoms with Crippen LogP contribution < -0.4 is 0 Å². The van der Waals surface area contributed by atoms with Gasteiger partial charge in [0.2, 0.25) is 0 Å². The third-order valence-corrected chi connectivity index (χ3v) is 6.85. The lowest BCUT2D eigenvalue weighted by Crippen LogP contribution is -2.30. The molecule has 0 aromatic carbocycles. The second-order valence-electron chi connectivity index (χ2n) is 6.32. The molecule has 0 bridgehead atoms. The quantitative estimate of drug-likeness (QED) is 0.452. The zero-order valence-electron chi connectivity index (χ0n) is 11.6. The van der Waals surface area contributed by atoms with Crippen LogP contribution in [0.2, 0.25) is 25.2 Å². The zero-order chi connectivity index (χ0) is 12.0. The Labute approximate surface area is 104 Å². The Bertz CT molecular complexity index is 212. The average Bonchev–Trinajstić information content (AvgIpc) is 2.14. The second-order valence-corrected chi connectivity index (χ2v) is 11.9. The Morgan fingerprint density at radius 1 is 1.25 bits per heavy atom. The zero-order valence-corrected chi connectivity index (χ0v) is 12.6. The summed E-state index contributed by atoms with van der Waals surface area (Å²) < 4.78 is 0. The third kappa shape index (κ3) is 4.86. The summed E-state index contributed by atoms with van der Waals surface area (Å²) >= 11 is 0. The van der Waals surface area contributed by atoms with E-state index >= 15 is 0 Å². The van der Waals surface area contributed by atoms with Gasteiger partial charge in [-0.2, -0.15) is 0 Å². The fourth-order valence-corrected chi connectivity index (χ4v) is 4.71. The molecule has 2 atom stereocenters. The van der Waals surface area contributed by atoms with Crippen molar-refractivity contribution >= 4 is 8.07 Å². The van der Waals surface area contributed by atoms with Gasteiger partial charge < -0.3 is 0 Å². The van der Waals surface area contributed by atoms with Gasteiger partial charge in [0.25, 0.3) is 0 Å². The van der Waals surface area contributed by atoms with E-state index in [9.17, 15) is 0 Å². The minimum absolute atomic E-state index is 0.761. The lowest BCUT2D eigenvalue weighted by Gasteiger charge is -2.33. The molecule has 1 fully saturated rings. The Kier molecular flexibility index (Phi) is 5.81. The normalized spacial score (nSPS) is 29.0. The lowest BCUT2D eigenvalue weighted by molar-refractivity contribution is 0.498. The van der Waals surface area contributed by atoms with Crippen molar-refractivity contribution in [3.8, 4) is 0 Å². The summed E-state index contributed by atoms with van der Waals surface area (Å²) in [6.45, 7) is 9.86. The second kappa shape index (κ2) is 6.63. The molecule has 93 valence electrons. The van der Waals surface area contributed by atoms with E-state index in [1.54, 1.807) is 0 Å². The molecule has 1 heteroatoms. The van der Waals surface area contributed by atoms with E-state index in [0.29, 0.717) is 0 Å². The Hall–Kier alpha value is -0.0431. The number of rotatable bonds is 3. The summed E-state index contributed by atoms with van der Waals surface area (Å²) in [5.41, 5.74) is 1.02. The maximum atomic E-state index is 2.57. The molecule has 0 aromatic heterocycles. The minimum Gasteiger partial charge on any atom is -0.0885 e. The SMILES string of the molecule is CC/C=C/C1[CH]CCCCC([Si](C)(C)C)C1. The Morgan fingerprint density at radius 2 is 2.00 bits per heavy atom. The molecule has 2 unspecified atom stereocenters. The fourth-order valence-electron chi connectivity index (χ4n) is 2.66.